The van der Waals surface area contributed by atoms with E-state index in [4.69, 9.17) is 4.74 Å². The normalized spacial score (nSPS) is 11.1. The zero-order valence-corrected chi connectivity index (χ0v) is 9.09. The number of hydrogen-bond donors (Lipinski definition) is 0. The number of methoxy groups -OCH3 is 1. The molecule has 0 atom stereocenters. The summed E-state index contributed by atoms with van der Waals surface area (Å²) >= 11 is 0. The van der Waals surface area contributed by atoms with Crippen molar-refractivity contribution in [1.29, 1.82) is 0 Å². The fourth-order valence-electron chi connectivity index (χ4n) is 1.51. The van der Waals surface area contributed by atoms with Gasteiger partial charge in [0.2, 0.25) is 0 Å². The Morgan fingerprint density at radius 1 is 1.35 bits per heavy atom. The Balaban J connectivity index is 3.65. The topological polar surface area (TPSA) is 43.4 Å². The first kappa shape index (κ1) is 13.2. The minimum absolute atomic E-state index is 0.0572. The number of aldehydes is 1. The van der Waals surface area contributed by atoms with E-state index in [9.17, 15) is 22.8 Å². The Kier molecular flexibility index (Phi) is 3.55. The molecule has 0 aliphatic heterocycles. The van der Waals surface area contributed by atoms with Crippen LogP contribution < -0.4 is 4.74 Å². The van der Waals surface area contributed by atoms with Gasteiger partial charge >= 0.3 is 6.18 Å². The predicted molar refractivity (Wildman–Crippen MR) is 53.4 cm³/mol. The zero-order chi connectivity index (χ0) is 13.2. The van der Waals surface area contributed by atoms with Crippen LogP contribution in [0.5, 0.6) is 5.75 Å². The summed E-state index contributed by atoms with van der Waals surface area (Å²) in [5, 5.41) is 0. The maximum atomic E-state index is 12.7. The smallest absolute Gasteiger partial charge is 0.417 e. The third kappa shape index (κ3) is 2.46. The second-order valence-corrected chi connectivity index (χ2v) is 3.28. The van der Waals surface area contributed by atoms with Gasteiger partial charge in [0.1, 0.15) is 5.75 Å². The van der Waals surface area contributed by atoms with Crippen molar-refractivity contribution in [2.75, 3.05) is 7.11 Å². The third-order valence-electron chi connectivity index (χ3n) is 2.20. The van der Waals surface area contributed by atoms with E-state index in [-0.39, 0.29) is 17.6 Å². The van der Waals surface area contributed by atoms with Crippen LogP contribution in [0, 0.1) is 0 Å². The highest BCUT2D eigenvalue weighted by Crippen LogP contribution is 2.36. The lowest BCUT2D eigenvalue weighted by atomic mass is 9.97. The van der Waals surface area contributed by atoms with Crippen LogP contribution in [0.3, 0.4) is 0 Å². The molecule has 0 saturated heterocycles. The first-order chi connectivity index (χ1) is 7.82. The molecule has 3 nitrogen and oxygen atoms in total. The Bertz CT molecular complexity index is 464. The number of rotatable bonds is 3. The van der Waals surface area contributed by atoms with Crippen molar-refractivity contribution >= 4 is 12.1 Å². The van der Waals surface area contributed by atoms with Gasteiger partial charge in [0.05, 0.1) is 18.2 Å². The van der Waals surface area contributed by atoms with Gasteiger partial charge in [-0.05, 0) is 19.1 Å². The van der Waals surface area contributed by atoms with E-state index in [1.807, 2.05) is 0 Å². The van der Waals surface area contributed by atoms with Crippen molar-refractivity contribution in [2.24, 2.45) is 0 Å². The first-order valence-corrected chi connectivity index (χ1v) is 4.57. The number of ketones is 1. The van der Waals surface area contributed by atoms with E-state index >= 15 is 0 Å². The number of alkyl halides is 3. The molecule has 92 valence electrons. The maximum Gasteiger partial charge on any atom is 0.417 e. The van der Waals surface area contributed by atoms with Gasteiger partial charge in [0.15, 0.2) is 12.1 Å². The molecule has 0 heterocycles. The van der Waals surface area contributed by atoms with Crippen LogP contribution in [-0.4, -0.2) is 19.2 Å². The van der Waals surface area contributed by atoms with E-state index in [0.29, 0.717) is 0 Å². The lowest BCUT2D eigenvalue weighted by Gasteiger charge is -2.14. The Labute approximate surface area is 95.2 Å². The van der Waals surface area contributed by atoms with E-state index in [1.54, 1.807) is 0 Å². The second-order valence-electron chi connectivity index (χ2n) is 3.28. The summed E-state index contributed by atoms with van der Waals surface area (Å²) in [5.74, 6) is -0.892. The molecule has 1 aromatic rings. The molecule has 0 aromatic heterocycles. The SMILES string of the molecule is COc1ccc(C(F)(F)F)c(C(C)=O)c1C=O. The minimum atomic E-state index is -4.69. The van der Waals surface area contributed by atoms with Gasteiger partial charge in [-0.2, -0.15) is 13.2 Å². The fourth-order valence-corrected chi connectivity index (χ4v) is 1.51. The van der Waals surface area contributed by atoms with Gasteiger partial charge in [0, 0.05) is 5.56 Å². The average Bonchev–Trinajstić information content (AvgIpc) is 2.25. The standard InChI is InChI=1S/C11H9F3O3/c1-6(16)10-7(5-15)9(17-2)4-3-8(10)11(12,13)14/h3-5H,1-2H3. The molecule has 0 fully saturated rings. The molecule has 0 aliphatic carbocycles. The van der Waals surface area contributed by atoms with Gasteiger partial charge < -0.3 is 4.74 Å². The number of carbonyl (C=O) groups excluding carboxylic acids is 2. The van der Waals surface area contributed by atoms with Gasteiger partial charge in [-0.25, -0.2) is 0 Å². The Hall–Kier alpha value is -1.85. The molecule has 0 aliphatic rings. The van der Waals surface area contributed by atoms with Crippen LogP contribution in [0.2, 0.25) is 0 Å². The summed E-state index contributed by atoms with van der Waals surface area (Å²) in [4.78, 5) is 22.0. The van der Waals surface area contributed by atoms with Gasteiger partial charge in [-0.1, -0.05) is 0 Å². The van der Waals surface area contributed by atoms with Crippen molar-refractivity contribution in [3.63, 3.8) is 0 Å². The third-order valence-corrected chi connectivity index (χ3v) is 2.20. The molecule has 0 spiro atoms. The first-order valence-electron chi connectivity index (χ1n) is 4.57. The highest BCUT2D eigenvalue weighted by Gasteiger charge is 2.36. The van der Waals surface area contributed by atoms with E-state index in [1.165, 1.54) is 7.11 Å². The molecule has 1 rings (SSSR count). The Morgan fingerprint density at radius 3 is 2.29 bits per heavy atom. The summed E-state index contributed by atoms with van der Waals surface area (Å²) in [6.45, 7) is 0.969. The van der Waals surface area contributed by atoms with Gasteiger partial charge in [-0.3, -0.25) is 9.59 Å². The van der Waals surface area contributed by atoms with Crippen molar-refractivity contribution in [3.8, 4) is 5.75 Å². The van der Waals surface area contributed by atoms with Crippen molar-refractivity contribution in [2.45, 2.75) is 13.1 Å². The molecule has 17 heavy (non-hydrogen) atoms. The van der Waals surface area contributed by atoms with Gasteiger partial charge in [0.25, 0.3) is 0 Å². The number of ether oxygens (including phenoxy) is 1. The molecule has 6 heteroatoms. The molecule has 0 saturated carbocycles. The van der Waals surface area contributed by atoms with Crippen LogP contribution in [0.15, 0.2) is 12.1 Å². The van der Waals surface area contributed by atoms with Crippen molar-refractivity contribution < 1.29 is 27.5 Å². The van der Waals surface area contributed by atoms with Gasteiger partial charge in [-0.15, -0.1) is 0 Å². The highest BCUT2D eigenvalue weighted by molar-refractivity contribution is 6.04. The highest BCUT2D eigenvalue weighted by atomic mass is 19.4. The quantitative estimate of drug-likeness (QED) is 0.608. The largest absolute Gasteiger partial charge is 0.496 e. The molecule has 0 bridgehead atoms. The number of Topliss-reactive ketones (excluding diaryl/α,β-unsaturated/α-hetero) is 1. The molecule has 0 N–H and O–H groups in total. The monoisotopic (exact) mass is 246 g/mol. The molecule has 1 aromatic carbocycles. The molecular weight excluding hydrogens is 237 g/mol. The summed E-state index contributed by atoms with van der Waals surface area (Å²) in [5.41, 5.74) is -2.17. The fraction of sp³-hybridized carbons (Fsp3) is 0.273. The average molecular weight is 246 g/mol. The molecular formula is C11H9F3O3. The van der Waals surface area contributed by atoms with Crippen LogP contribution in [0.4, 0.5) is 13.2 Å². The van der Waals surface area contributed by atoms with Crippen LogP contribution >= 0.6 is 0 Å². The lowest BCUT2D eigenvalue weighted by molar-refractivity contribution is -0.137. The molecule has 0 radical (unpaired) electrons. The number of halogens is 3. The minimum Gasteiger partial charge on any atom is -0.496 e. The van der Waals surface area contributed by atoms with E-state index in [2.05, 4.69) is 0 Å². The zero-order valence-electron chi connectivity index (χ0n) is 9.09. The molecule has 0 amide bonds. The Morgan fingerprint density at radius 2 is 1.94 bits per heavy atom. The predicted octanol–water partition coefficient (Wildman–Crippen LogP) is 2.73. The molecule has 0 unspecified atom stereocenters. The van der Waals surface area contributed by atoms with Crippen LogP contribution in [0.25, 0.3) is 0 Å². The summed E-state index contributed by atoms with van der Waals surface area (Å²) in [6, 6.07) is 1.74. The summed E-state index contributed by atoms with van der Waals surface area (Å²) in [7, 11) is 1.21. The summed E-state index contributed by atoms with van der Waals surface area (Å²) < 4.78 is 42.7. The maximum absolute atomic E-state index is 12.7. The number of hydrogen-bond acceptors (Lipinski definition) is 3. The number of carbonyl (C=O) groups is 2. The van der Waals surface area contributed by atoms with Crippen LogP contribution in [-0.2, 0) is 6.18 Å². The summed E-state index contributed by atoms with van der Waals surface area (Å²) in [6.07, 6.45) is -4.50. The number of benzene rings is 1. The van der Waals surface area contributed by atoms with Crippen LogP contribution in [0.1, 0.15) is 33.2 Å². The van der Waals surface area contributed by atoms with Crippen molar-refractivity contribution in [1.82, 2.24) is 0 Å². The second kappa shape index (κ2) is 4.57. The van der Waals surface area contributed by atoms with Crippen molar-refractivity contribution in [3.05, 3.63) is 28.8 Å². The van der Waals surface area contributed by atoms with E-state index in [0.717, 1.165) is 19.1 Å². The lowest BCUT2D eigenvalue weighted by Crippen LogP contribution is -2.14. The van der Waals surface area contributed by atoms with E-state index < -0.39 is 23.1 Å².